The molecule has 0 unspecified atom stereocenters. The van der Waals surface area contributed by atoms with E-state index >= 15 is 0 Å². The summed E-state index contributed by atoms with van der Waals surface area (Å²) >= 11 is 0. The van der Waals surface area contributed by atoms with Crippen molar-refractivity contribution in [2.75, 3.05) is 13.2 Å². The first-order valence-electron chi connectivity index (χ1n) is 5.79. The Bertz CT molecular complexity index is 446. The lowest BCUT2D eigenvalue weighted by Gasteiger charge is -2.04. The Morgan fingerprint density at radius 3 is 2.63 bits per heavy atom. The second-order valence-electron chi connectivity index (χ2n) is 3.97. The number of rotatable bonds is 8. The molecule has 1 aromatic rings. The fraction of sp³-hybridized carbons (Fsp3) is 0.333. The van der Waals surface area contributed by atoms with Crippen LogP contribution in [0.1, 0.15) is 23.2 Å². The van der Waals surface area contributed by atoms with Crippen molar-refractivity contribution in [1.29, 1.82) is 0 Å². The Labute approximate surface area is 110 Å². The molecule has 0 aliphatic carbocycles. The Morgan fingerprint density at radius 2 is 2.00 bits per heavy atom. The molecule has 0 aliphatic heterocycles. The number of aliphatic carboxylic acids is 1. The molecule has 3 N–H and O–H groups in total. The molecule has 0 saturated heterocycles. The summed E-state index contributed by atoms with van der Waals surface area (Å²) < 4.78 is 4.81. The van der Waals surface area contributed by atoms with Gasteiger partial charge in [0, 0.05) is 18.6 Å². The summed E-state index contributed by atoms with van der Waals surface area (Å²) in [4.78, 5) is 22.0. The lowest BCUT2D eigenvalue weighted by Crippen LogP contribution is -2.30. The maximum atomic E-state index is 11.8. The van der Waals surface area contributed by atoms with Crippen molar-refractivity contribution in [2.24, 2.45) is 0 Å². The molecule has 0 aliphatic rings. The number of carbonyl (C=O) groups excluding carboxylic acids is 1. The number of carboxylic acids is 1. The van der Waals surface area contributed by atoms with Crippen molar-refractivity contribution in [3.63, 3.8) is 0 Å². The van der Waals surface area contributed by atoms with Crippen molar-refractivity contribution in [3.05, 3.63) is 29.8 Å². The minimum atomic E-state index is -1.60. The van der Waals surface area contributed by atoms with Gasteiger partial charge in [0.1, 0.15) is 6.61 Å². The van der Waals surface area contributed by atoms with Gasteiger partial charge >= 0.3 is 13.1 Å². The molecule has 0 aromatic heterocycles. The first-order chi connectivity index (χ1) is 9.00. The number of Topliss-reactive ketones (excluding diaryl/α,β-unsaturated/α-hetero) is 1. The number of hydrogen-bond acceptors (Lipinski definition) is 5. The van der Waals surface area contributed by atoms with Crippen LogP contribution in [-0.4, -0.2) is 47.2 Å². The zero-order valence-corrected chi connectivity index (χ0v) is 10.3. The standard InChI is InChI=1S/C12H15BO6/c14-11(5-2-6-19-8-12(15)16)9-3-1-4-10(7-9)13(17)18/h1,3-4,7,17-18H,2,5-6,8H2,(H,15,16). The molecule has 1 rings (SSSR count). The summed E-state index contributed by atoms with van der Waals surface area (Å²) in [5, 5.41) is 26.3. The van der Waals surface area contributed by atoms with Crippen LogP contribution in [0.25, 0.3) is 0 Å². The van der Waals surface area contributed by atoms with Gasteiger partial charge in [-0.1, -0.05) is 24.3 Å². The van der Waals surface area contributed by atoms with E-state index in [1.54, 1.807) is 12.1 Å². The highest BCUT2D eigenvalue weighted by molar-refractivity contribution is 6.58. The lowest BCUT2D eigenvalue weighted by molar-refractivity contribution is -0.142. The predicted molar refractivity (Wildman–Crippen MR) is 68.3 cm³/mol. The molecule has 0 radical (unpaired) electrons. The molecule has 0 heterocycles. The molecule has 0 saturated carbocycles. The van der Waals surface area contributed by atoms with Crippen LogP contribution in [0.15, 0.2) is 24.3 Å². The molecule has 0 fully saturated rings. The van der Waals surface area contributed by atoms with Crippen molar-refractivity contribution in [1.82, 2.24) is 0 Å². The Balaban J connectivity index is 2.41. The summed E-state index contributed by atoms with van der Waals surface area (Å²) in [7, 11) is -1.60. The average Bonchev–Trinajstić information content (AvgIpc) is 2.37. The molecular weight excluding hydrogens is 251 g/mol. The second kappa shape index (κ2) is 7.68. The smallest absolute Gasteiger partial charge is 0.480 e. The van der Waals surface area contributed by atoms with E-state index in [9.17, 15) is 9.59 Å². The number of carboxylic acid groups (broad SMARTS) is 1. The van der Waals surface area contributed by atoms with Gasteiger partial charge in [0.15, 0.2) is 5.78 Å². The van der Waals surface area contributed by atoms with Crippen LogP contribution >= 0.6 is 0 Å². The topological polar surface area (TPSA) is 104 Å². The molecule has 0 amide bonds. The van der Waals surface area contributed by atoms with Crippen LogP contribution in [0.4, 0.5) is 0 Å². The van der Waals surface area contributed by atoms with E-state index in [1.165, 1.54) is 12.1 Å². The van der Waals surface area contributed by atoms with E-state index in [1.807, 2.05) is 0 Å². The van der Waals surface area contributed by atoms with E-state index in [2.05, 4.69) is 0 Å². The van der Waals surface area contributed by atoms with Gasteiger partial charge < -0.3 is 19.9 Å². The quantitative estimate of drug-likeness (QED) is 0.330. The van der Waals surface area contributed by atoms with Crippen LogP contribution in [-0.2, 0) is 9.53 Å². The number of hydrogen-bond donors (Lipinski definition) is 3. The molecule has 19 heavy (non-hydrogen) atoms. The Morgan fingerprint density at radius 1 is 1.26 bits per heavy atom. The van der Waals surface area contributed by atoms with Gasteiger partial charge in [0.2, 0.25) is 0 Å². The average molecular weight is 266 g/mol. The number of ether oxygens (including phenoxy) is 1. The van der Waals surface area contributed by atoms with Crippen LogP contribution in [0.5, 0.6) is 0 Å². The number of ketones is 1. The van der Waals surface area contributed by atoms with E-state index in [0.29, 0.717) is 12.0 Å². The Kier molecular flexibility index (Phi) is 6.21. The third-order valence-corrected chi connectivity index (χ3v) is 2.42. The first-order valence-corrected chi connectivity index (χ1v) is 5.79. The van der Waals surface area contributed by atoms with E-state index in [-0.39, 0.29) is 30.9 Å². The summed E-state index contributed by atoms with van der Waals surface area (Å²) in [6.07, 6.45) is 0.628. The van der Waals surface area contributed by atoms with Crippen LogP contribution in [0.2, 0.25) is 0 Å². The maximum absolute atomic E-state index is 11.8. The molecule has 0 atom stereocenters. The van der Waals surface area contributed by atoms with Gasteiger partial charge in [-0.2, -0.15) is 0 Å². The van der Waals surface area contributed by atoms with Gasteiger partial charge in [-0.25, -0.2) is 4.79 Å². The van der Waals surface area contributed by atoms with E-state index < -0.39 is 13.1 Å². The molecule has 0 bridgehead atoms. The van der Waals surface area contributed by atoms with E-state index in [4.69, 9.17) is 19.9 Å². The van der Waals surface area contributed by atoms with Crippen molar-refractivity contribution < 1.29 is 29.5 Å². The second-order valence-corrected chi connectivity index (χ2v) is 3.97. The fourth-order valence-corrected chi connectivity index (χ4v) is 1.51. The lowest BCUT2D eigenvalue weighted by atomic mass is 9.79. The van der Waals surface area contributed by atoms with Crippen LogP contribution < -0.4 is 5.46 Å². The number of benzene rings is 1. The molecular formula is C12H15BO6. The zero-order chi connectivity index (χ0) is 14.3. The minimum Gasteiger partial charge on any atom is -0.480 e. The molecule has 0 spiro atoms. The van der Waals surface area contributed by atoms with Gasteiger partial charge in [-0.05, 0) is 11.9 Å². The molecule has 7 heteroatoms. The summed E-state index contributed by atoms with van der Waals surface area (Å²) in [6, 6.07) is 6.10. The van der Waals surface area contributed by atoms with Gasteiger partial charge in [0.05, 0.1) is 0 Å². The Hall–Kier alpha value is -1.70. The highest BCUT2D eigenvalue weighted by Gasteiger charge is 2.13. The van der Waals surface area contributed by atoms with Crippen molar-refractivity contribution in [2.45, 2.75) is 12.8 Å². The summed E-state index contributed by atoms with van der Waals surface area (Å²) in [6.45, 7) is -0.180. The number of carbonyl (C=O) groups is 2. The summed E-state index contributed by atoms with van der Waals surface area (Å²) in [5.74, 6) is -1.20. The monoisotopic (exact) mass is 266 g/mol. The van der Waals surface area contributed by atoms with E-state index in [0.717, 1.165) is 0 Å². The molecule has 1 aromatic carbocycles. The normalized spacial score (nSPS) is 10.2. The van der Waals surface area contributed by atoms with Crippen LogP contribution in [0, 0.1) is 0 Å². The molecule has 102 valence electrons. The zero-order valence-electron chi connectivity index (χ0n) is 10.3. The fourth-order valence-electron chi connectivity index (χ4n) is 1.51. The third kappa shape index (κ3) is 5.65. The predicted octanol–water partition coefficient (Wildman–Crippen LogP) is -0.569. The van der Waals surface area contributed by atoms with Gasteiger partial charge in [-0.3, -0.25) is 4.79 Å². The minimum absolute atomic E-state index is 0.151. The first kappa shape index (κ1) is 15.4. The SMILES string of the molecule is O=C(O)COCCCC(=O)c1cccc(B(O)O)c1. The summed E-state index contributed by atoms with van der Waals surface area (Å²) in [5.41, 5.74) is 0.650. The largest absolute Gasteiger partial charge is 0.488 e. The van der Waals surface area contributed by atoms with Gasteiger partial charge in [-0.15, -0.1) is 0 Å². The maximum Gasteiger partial charge on any atom is 0.488 e. The molecule has 6 nitrogen and oxygen atoms in total. The van der Waals surface area contributed by atoms with Crippen molar-refractivity contribution in [3.8, 4) is 0 Å². The van der Waals surface area contributed by atoms with Gasteiger partial charge in [0.25, 0.3) is 0 Å². The highest BCUT2D eigenvalue weighted by atomic mass is 16.5. The van der Waals surface area contributed by atoms with Crippen LogP contribution in [0.3, 0.4) is 0 Å². The highest BCUT2D eigenvalue weighted by Crippen LogP contribution is 2.04. The van der Waals surface area contributed by atoms with Crippen molar-refractivity contribution >= 4 is 24.3 Å². The third-order valence-electron chi connectivity index (χ3n) is 2.42.